The lowest BCUT2D eigenvalue weighted by atomic mass is 10.0. The molecule has 33 heavy (non-hydrogen) atoms. The second kappa shape index (κ2) is 10.8. The Morgan fingerprint density at radius 2 is 1.82 bits per heavy atom. The van der Waals surface area contributed by atoms with Crippen LogP contribution in [-0.4, -0.2) is 47.3 Å². The highest BCUT2D eigenvalue weighted by Gasteiger charge is 2.61. The summed E-state index contributed by atoms with van der Waals surface area (Å²) in [6, 6.07) is 7.52. The standard InChI is InChI=1S/C25H36N4O3S/c1-18(30)29-16-10-13-21(29)23(31)27-25-17-19(25)11-6-4-2-3-5-9-15-26-20-12-7-8-14-22(20)33-28-24(25)32/h7-8,12,14,19,21,26H,2-6,9-11,13,15-17H2,1H3,(H,27,31)(H,28,32)/t19-,21+,25+/m1/s1. The molecule has 8 heteroatoms. The second-order valence-corrected chi connectivity index (χ2v) is 10.4. The van der Waals surface area contributed by atoms with Crippen LogP contribution >= 0.6 is 11.9 Å². The van der Waals surface area contributed by atoms with Crippen LogP contribution in [0.5, 0.6) is 0 Å². The Kier molecular flexibility index (Phi) is 7.83. The average Bonchev–Trinajstić information content (AvgIpc) is 3.26. The second-order valence-electron chi connectivity index (χ2n) is 9.60. The molecule has 1 saturated heterocycles. The first-order valence-corrected chi connectivity index (χ1v) is 13.2. The van der Waals surface area contributed by atoms with Crippen LogP contribution in [0.25, 0.3) is 0 Å². The summed E-state index contributed by atoms with van der Waals surface area (Å²) in [6.45, 7) is 3.03. The number of amides is 3. The molecule has 1 saturated carbocycles. The lowest BCUT2D eigenvalue weighted by Crippen LogP contribution is -2.54. The Labute approximate surface area is 201 Å². The van der Waals surface area contributed by atoms with Gasteiger partial charge >= 0.3 is 0 Å². The molecule has 1 aliphatic carbocycles. The summed E-state index contributed by atoms with van der Waals surface area (Å²) < 4.78 is 3.03. The minimum atomic E-state index is -0.866. The van der Waals surface area contributed by atoms with Gasteiger partial charge in [0.2, 0.25) is 11.8 Å². The molecule has 2 heterocycles. The van der Waals surface area contributed by atoms with Crippen LogP contribution in [0.3, 0.4) is 0 Å². The monoisotopic (exact) mass is 472 g/mol. The van der Waals surface area contributed by atoms with E-state index in [0.717, 1.165) is 49.2 Å². The molecule has 3 aliphatic rings. The van der Waals surface area contributed by atoms with Gasteiger partial charge in [0, 0.05) is 25.7 Å². The molecule has 3 atom stereocenters. The summed E-state index contributed by atoms with van der Waals surface area (Å²) in [5, 5.41) is 6.59. The Balaban J connectivity index is 1.48. The largest absolute Gasteiger partial charge is 0.384 e. The van der Waals surface area contributed by atoms with Gasteiger partial charge in [0.05, 0.1) is 4.90 Å². The van der Waals surface area contributed by atoms with Gasteiger partial charge in [-0.1, -0.05) is 44.2 Å². The molecular formula is C25H36N4O3S. The molecule has 0 radical (unpaired) electrons. The fraction of sp³-hybridized carbons (Fsp3) is 0.640. The number of nitrogens with one attached hydrogen (secondary N) is 3. The topological polar surface area (TPSA) is 90.5 Å². The number of para-hydroxylation sites is 1. The molecule has 7 nitrogen and oxygen atoms in total. The predicted molar refractivity (Wildman–Crippen MR) is 131 cm³/mol. The third kappa shape index (κ3) is 5.65. The number of rotatable bonds is 2. The summed E-state index contributed by atoms with van der Waals surface area (Å²) in [7, 11) is 0. The Hall–Kier alpha value is -2.22. The number of hydrogen-bond acceptors (Lipinski definition) is 5. The van der Waals surface area contributed by atoms with E-state index in [1.807, 2.05) is 24.3 Å². The normalized spacial score (nSPS) is 28.6. The fourth-order valence-electron chi connectivity index (χ4n) is 5.23. The third-order valence-electron chi connectivity index (χ3n) is 7.25. The smallest absolute Gasteiger partial charge is 0.256 e. The molecule has 3 N–H and O–H groups in total. The van der Waals surface area contributed by atoms with Gasteiger partial charge in [-0.05, 0) is 62.1 Å². The van der Waals surface area contributed by atoms with Gasteiger partial charge < -0.3 is 15.5 Å². The zero-order valence-corrected chi connectivity index (χ0v) is 20.3. The highest BCUT2D eigenvalue weighted by atomic mass is 32.2. The maximum absolute atomic E-state index is 13.4. The summed E-state index contributed by atoms with van der Waals surface area (Å²) in [5.41, 5.74) is 0.151. The van der Waals surface area contributed by atoms with E-state index in [2.05, 4.69) is 15.4 Å². The molecule has 0 spiro atoms. The van der Waals surface area contributed by atoms with Crippen LogP contribution in [0.4, 0.5) is 5.69 Å². The molecule has 2 aliphatic heterocycles. The number of carbonyl (C=O) groups is 3. The highest BCUT2D eigenvalue weighted by Crippen LogP contribution is 2.48. The van der Waals surface area contributed by atoms with Crippen molar-refractivity contribution >= 4 is 35.4 Å². The summed E-state index contributed by atoms with van der Waals surface area (Å²) in [6.07, 6.45) is 10.1. The maximum Gasteiger partial charge on any atom is 0.256 e. The number of hydrogen-bond donors (Lipinski definition) is 3. The molecular weight excluding hydrogens is 436 g/mol. The lowest BCUT2D eigenvalue weighted by Gasteiger charge is -2.26. The van der Waals surface area contributed by atoms with Crippen molar-refractivity contribution < 1.29 is 14.4 Å². The van der Waals surface area contributed by atoms with E-state index >= 15 is 0 Å². The van der Waals surface area contributed by atoms with Gasteiger partial charge in [0.15, 0.2) is 0 Å². The van der Waals surface area contributed by atoms with Gasteiger partial charge in [-0.25, -0.2) is 0 Å². The first-order chi connectivity index (χ1) is 16.0. The van der Waals surface area contributed by atoms with Crippen molar-refractivity contribution in [2.24, 2.45) is 5.92 Å². The highest BCUT2D eigenvalue weighted by molar-refractivity contribution is 7.98. The lowest BCUT2D eigenvalue weighted by molar-refractivity contribution is -0.138. The molecule has 0 aromatic heterocycles. The molecule has 1 aromatic carbocycles. The van der Waals surface area contributed by atoms with E-state index in [1.165, 1.54) is 38.1 Å². The molecule has 0 unspecified atom stereocenters. The number of anilines is 1. The van der Waals surface area contributed by atoms with E-state index in [0.29, 0.717) is 19.4 Å². The van der Waals surface area contributed by atoms with Gasteiger partial charge in [-0.2, -0.15) is 0 Å². The van der Waals surface area contributed by atoms with Crippen LogP contribution in [0, 0.1) is 5.92 Å². The summed E-state index contributed by atoms with van der Waals surface area (Å²) in [5.74, 6) is -0.267. The maximum atomic E-state index is 13.4. The molecule has 3 amide bonds. The molecule has 4 rings (SSSR count). The number of benzene rings is 1. The van der Waals surface area contributed by atoms with Crippen molar-refractivity contribution in [1.29, 1.82) is 0 Å². The molecule has 180 valence electrons. The van der Waals surface area contributed by atoms with Crippen molar-refractivity contribution in [2.75, 3.05) is 18.4 Å². The average molecular weight is 473 g/mol. The number of nitrogens with zero attached hydrogens (tertiary/aromatic N) is 1. The van der Waals surface area contributed by atoms with E-state index in [1.54, 1.807) is 4.90 Å². The Morgan fingerprint density at radius 3 is 2.64 bits per heavy atom. The summed E-state index contributed by atoms with van der Waals surface area (Å²) >= 11 is 1.31. The molecule has 2 fully saturated rings. The van der Waals surface area contributed by atoms with Crippen molar-refractivity contribution in [1.82, 2.24) is 14.9 Å². The zero-order valence-electron chi connectivity index (χ0n) is 19.5. The molecule has 1 aromatic rings. The SMILES string of the molecule is CC(=O)N1CCC[C@H]1C(=O)N[C@@]12C[C@H]1CCCCCCCCNc1ccccc1SNC2=O. The van der Waals surface area contributed by atoms with Crippen molar-refractivity contribution in [2.45, 2.75) is 87.6 Å². The minimum absolute atomic E-state index is 0.0837. The Bertz CT molecular complexity index is 879. The Morgan fingerprint density at radius 1 is 1.06 bits per heavy atom. The van der Waals surface area contributed by atoms with Gasteiger partial charge in [-0.15, -0.1) is 0 Å². The predicted octanol–water partition coefficient (Wildman–Crippen LogP) is 3.85. The quantitative estimate of drug-likeness (QED) is 0.569. The summed E-state index contributed by atoms with van der Waals surface area (Å²) in [4.78, 5) is 41.1. The van der Waals surface area contributed by atoms with Crippen LogP contribution in [-0.2, 0) is 14.4 Å². The fourth-order valence-corrected chi connectivity index (χ4v) is 6.01. The van der Waals surface area contributed by atoms with Gasteiger partial charge in [0.1, 0.15) is 11.6 Å². The van der Waals surface area contributed by atoms with Gasteiger partial charge in [0.25, 0.3) is 5.91 Å². The number of fused-ring (bicyclic) bond motifs is 2. The van der Waals surface area contributed by atoms with Crippen LogP contribution in [0.2, 0.25) is 0 Å². The van der Waals surface area contributed by atoms with E-state index in [4.69, 9.17) is 0 Å². The first kappa shape index (κ1) is 23.9. The third-order valence-corrected chi connectivity index (χ3v) is 8.12. The van der Waals surface area contributed by atoms with E-state index in [9.17, 15) is 14.4 Å². The van der Waals surface area contributed by atoms with Crippen LogP contribution < -0.4 is 15.4 Å². The van der Waals surface area contributed by atoms with Crippen molar-refractivity contribution in [3.05, 3.63) is 24.3 Å². The van der Waals surface area contributed by atoms with Gasteiger partial charge in [-0.3, -0.25) is 19.1 Å². The van der Waals surface area contributed by atoms with E-state index < -0.39 is 11.6 Å². The van der Waals surface area contributed by atoms with Crippen LogP contribution in [0.15, 0.2) is 29.2 Å². The minimum Gasteiger partial charge on any atom is -0.384 e. The number of likely N-dealkylation sites (tertiary alicyclic amines) is 1. The molecule has 0 bridgehead atoms. The zero-order chi connectivity index (χ0) is 23.3. The van der Waals surface area contributed by atoms with E-state index in [-0.39, 0.29) is 23.6 Å². The van der Waals surface area contributed by atoms with Crippen molar-refractivity contribution in [3.63, 3.8) is 0 Å². The number of carbonyl (C=O) groups excluding carboxylic acids is 3. The van der Waals surface area contributed by atoms with Crippen LogP contribution in [0.1, 0.15) is 71.1 Å². The first-order valence-electron chi connectivity index (χ1n) is 12.4. The van der Waals surface area contributed by atoms with Crippen molar-refractivity contribution in [3.8, 4) is 0 Å².